The predicted octanol–water partition coefficient (Wildman–Crippen LogP) is 13.6. The molecule has 1 unspecified atom stereocenters. The standard InChI is InChI=1S/C50H43N5S/c1-6-21-34(3)55(35(4)50(5,7-2)54-46-39(36-22-11-8-12-23-36)29-19-30-40(46)37-24-13-9-14-25-37)49-52-47(38-26-15-10-16-27-38)51-48(53-49)42-31-20-33-44-45(42)41-28-17-18-32-43(41)56-44/h6,8-33,54H,3-4,7H2,1-2,5H3/b21-6-. The number of hydrogen-bond acceptors (Lipinski definition) is 6. The van der Waals surface area contributed by atoms with Gasteiger partial charge >= 0.3 is 0 Å². The van der Waals surface area contributed by atoms with E-state index in [-0.39, 0.29) is 0 Å². The van der Waals surface area contributed by atoms with Gasteiger partial charge in [0.15, 0.2) is 11.6 Å². The Labute approximate surface area is 333 Å². The normalized spacial score (nSPS) is 12.5. The highest BCUT2D eigenvalue weighted by Crippen LogP contribution is 2.43. The van der Waals surface area contributed by atoms with E-state index in [0.717, 1.165) is 50.2 Å². The number of para-hydroxylation sites is 1. The third kappa shape index (κ3) is 6.91. The number of allylic oxidation sites excluding steroid dienone is 2. The average molecular weight is 746 g/mol. The smallest absolute Gasteiger partial charge is 0.238 e. The highest BCUT2D eigenvalue weighted by atomic mass is 32.1. The van der Waals surface area contributed by atoms with Gasteiger partial charge in [0.25, 0.3) is 0 Å². The van der Waals surface area contributed by atoms with Gasteiger partial charge in [0.05, 0.1) is 11.2 Å². The van der Waals surface area contributed by atoms with Crippen LogP contribution in [0.4, 0.5) is 11.6 Å². The van der Waals surface area contributed by atoms with E-state index in [1.54, 1.807) is 11.3 Å². The molecule has 5 nitrogen and oxygen atoms in total. The van der Waals surface area contributed by atoms with Gasteiger partial charge in [0.1, 0.15) is 0 Å². The third-order valence-corrected chi connectivity index (χ3v) is 11.5. The number of nitrogens with one attached hydrogen (secondary N) is 1. The quantitative estimate of drug-likeness (QED) is 0.126. The first kappa shape index (κ1) is 36.4. The Balaban J connectivity index is 1.31. The number of anilines is 2. The van der Waals surface area contributed by atoms with Crippen molar-refractivity contribution < 1.29 is 0 Å². The van der Waals surface area contributed by atoms with Crippen LogP contribution < -0.4 is 10.2 Å². The van der Waals surface area contributed by atoms with Gasteiger partial charge < -0.3 is 5.32 Å². The fourth-order valence-electron chi connectivity index (χ4n) is 7.24. The van der Waals surface area contributed by atoms with E-state index in [0.29, 0.717) is 29.7 Å². The minimum atomic E-state index is -0.692. The summed E-state index contributed by atoms with van der Waals surface area (Å²) in [5.41, 5.74) is 8.05. The molecule has 0 spiro atoms. The maximum atomic E-state index is 5.30. The Morgan fingerprint density at radius 2 is 1.18 bits per heavy atom. The Morgan fingerprint density at radius 3 is 1.80 bits per heavy atom. The molecule has 0 aliphatic rings. The molecule has 0 aliphatic heterocycles. The molecule has 56 heavy (non-hydrogen) atoms. The van der Waals surface area contributed by atoms with Gasteiger partial charge in [-0.25, -0.2) is 4.98 Å². The van der Waals surface area contributed by atoms with Crippen LogP contribution in [0.2, 0.25) is 0 Å². The van der Waals surface area contributed by atoms with Gasteiger partial charge in [0, 0.05) is 53.8 Å². The number of hydrogen-bond donors (Lipinski definition) is 1. The Kier molecular flexibility index (Phi) is 10.1. The second kappa shape index (κ2) is 15.6. The third-order valence-electron chi connectivity index (χ3n) is 10.4. The summed E-state index contributed by atoms with van der Waals surface area (Å²) in [5, 5.41) is 6.36. The molecule has 0 fully saturated rings. The summed E-state index contributed by atoms with van der Waals surface area (Å²) in [6.45, 7) is 15.8. The second-order valence-electron chi connectivity index (χ2n) is 14.0. The van der Waals surface area contributed by atoms with E-state index in [1.165, 1.54) is 14.8 Å². The number of thiophene rings is 1. The summed E-state index contributed by atoms with van der Waals surface area (Å²) < 4.78 is 2.40. The van der Waals surface area contributed by atoms with Crippen molar-refractivity contribution >= 4 is 43.1 Å². The Hall–Kier alpha value is -6.63. The molecule has 0 radical (unpaired) electrons. The first-order valence-electron chi connectivity index (χ1n) is 18.9. The van der Waals surface area contributed by atoms with Gasteiger partial charge in [-0.1, -0.05) is 166 Å². The fourth-order valence-corrected chi connectivity index (χ4v) is 8.37. The van der Waals surface area contributed by atoms with E-state index < -0.39 is 5.54 Å². The van der Waals surface area contributed by atoms with Gasteiger partial charge in [-0.05, 0) is 49.6 Å². The largest absolute Gasteiger partial charge is 0.373 e. The fraction of sp³-hybridized carbons (Fsp3) is 0.100. The van der Waals surface area contributed by atoms with E-state index in [9.17, 15) is 0 Å². The van der Waals surface area contributed by atoms with Crippen LogP contribution in [-0.4, -0.2) is 20.5 Å². The van der Waals surface area contributed by atoms with E-state index in [4.69, 9.17) is 21.5 Å². The molecule has 0 saturated heterocycles. The molecule has 2 aromatic heterocycles. The maximum Gasteiger partial charge on any atom is 0.238 e. The van der Waals surface area contributed by atoms with Crippen molar-refractivity contribution in [1.29, 1.82) is 0 Å². The van der Waals surface area contributed by atoms with Crippen molar-refractivity contribution in [3.05, 3.63) is 188 Å². The van der Waals surface area contributed by atoms with E-state index in [2.05, 4.69) is 135 Å². The molecule has 0 amide bonds. The predicted molar refractivity (Wildman–Crippen MR) is 239 cm³/mol. The summed E-state index contributed by atoms with van der Waals surface area (Å²) in [4.78, 5) is 17.6. The van der Waals surface area contributed by atoms with Gasteiger partial charge in [-0.2, -0.15) is 9.97 Å². The number of fused-ring (bicyclic) bond motifs is 3. The lowest BCUT2D eigenvalue weighted by Gasteiger charge is -2.40. The van der Waals surface area contributed by atoms with Crippen LogP contribution in [0.3, 0.4) is 0 Å². The molecule has 6 heteroatoms. The summed E-state index contributed by atoms with van der Waals surface area (Å²) in [7, 11) is 0. The summed E-state index contributed by atoms with van der Waals surface area (Å²) in [6.07, 6.45) is 4.66. The molecule has 0 bridgehead atoms. The monoisotopic (exact) mass is 745 g/mol. The van der Waals surface area contributed by atoms with Crippen molar-refractivity contribution in [2.24, 2.45) is 0 Å². The zero-order valence-electron chi connectivity index (χ0n) is 31.9. The highest BCUT2D eigenvalue weighted by molar-refractivity contribution is 7.25. The van der Waals surface area contributed by atoms with E-state index in [1.807, 2.05) is 66.4 Å². The van der Waals surface area contributed by atoms with Crippen LogP contribution in [0.15, 0.2) is 188 Å². The summed E-state index contributed by atoms with van der Waals surface area (Å²) in [6, 6.07) is 52.5. The van der Waals surface area contributed by atoms with Crippen LogP contribution >= 0.6 is 11.3 Å². The van der Waals surface area contributed by atoms with Crippen molar-refractivity contribution in [3.63, 3.8) is 0 Å². The Bertz CT molecular complexity index is 2660. The van der Waals surface area contributed by atoms with Gasteiger partial charge in [0.2, 0.25) is 5.95 Å². The topological polar surface area (TPSA) is 53.9 Å². The minimum absolute atomic E-state index is 0.444. The van der Waals surface area contributed by atoms with Crippen LogP contribution in [0.25, 0.3) is 65.2 Å². The van der Waals surface area contributed by atoms with Crippen molar-refractivity contribution in [2.45, 2.75) is 32.7 Å². The minimum Gasteiger partial charge on any atom is -0.373 e. The van der Waals surface area contributed by atoms with Crippen LogP contribution in [0.1, 0.15) is 27.2 Å². The van der Waals surface area contributed by atoms with Gasteiger partial charge in [-0.3, -0.25) is 4.90 Å². The average Bonchev–Trinajstić information content (AvgIpc) is 3.64. The molecule has 1 N–H and O–H groups in total. The first-order chi connectivity index (χ1) is 27.4. The van der Waals surface area contributed by atoms with Crippen LogP contribution in [0.5, 0.6) is 0 Å². The number of aromatic nitrogens is 3. The molecule has 6 aromatic carbocycles. The lowest BCUT2D eigenvalue weighted by molar-refractivity contribution is 0.563. The molecular weight excluding hydrogens is 703 g/mol. The molecule has 274 valence electrons. The Morgan fingerprint density at radius 1 is 0.643 bits per heavy atom. The number of rotatable bonds is 12. The molecule has 8 aromatic rings. The lowest BCUT2D eigenvalue weighted by atomic mass is 9.89. The molecule has 2 heterocycles. The molecular formula is C50H43N5S. The SMILES string of the molecule is C=C(/C=C\C)N(C(=C)C(C)(CC)Nc1c(-c2ccccc2)cccc1-c1ccccc1)c1nc(-c2ccccc2)nc(-c2cccc3sc4ccccc4c23)n1. The van der Waals surface area contributed by atoms with Crippen LogP contribution in [-0.2, 0) is 0 Å². The second-order valence-corrected chi connectivity index (χ2v) is 15.1. The van der Waals surface area contributed by atoms with Crippen molar-refractivity contribution in [3.8, 4) is 45.0 Å². The number of benzene rings is 6. The van der Waals surface area contributed by atoms with Crippen molar-refractivity contribution in [1.82, 2.24) is 15.0 Å². The maximum absolute atomic E-state index is 5.30. The molecule has 8 rings (SSSR count). The van der Waals surface area contributed by atoms with Crippen LogP contribution in [0, 0.1) is 0 Å². The highest BCUT2D eigenvalue weighted by Gasteiger charge is 2.34. The van der Waals surface area contributed by atoms with Gasteiger partial charge in [-0.15, -0.1) is 11.3 Å². The molecule has 1 atom stereocenters. The zero-order valence-corrected chi connectivity index (χ0v) is 32.7. The lowest BCUT2D eigenvalue weighted by Crippen LogP contribution is -2.44. The van der Waals surface area contributed by atoms with E-state index >= 15 is 0 Å². The molecule has 0 saturated carbocycles. The first-order valence-corrected chi connectivity index (χ1v) is 19.8. The summed E-state index contributed by atoms with van der Waals surface area (Å²) in [5.74, 6) is 1.60. The molecule has 0 aliphatic carbocycles. The summed E-state index contributed by atoms with van der Waals surface area (Å²) >= 11 is 1.78. The number of nitrogens with zero attached hydrogens (tertiary/aromatic N) is 4. The van der Waals surface area contributed by atoms with Crippen molar-refractivity contribution in [2.75, 3.05) is 10.2 Å². The zero-order chi connectivity index (χ0) is 38.6.